The molecule has 1 heterocycles. The van der Waals surface area contributed by atoms with Gasteiger partial charge in [0, 0.05) is 24.7 Å². The summed E-state index contributed by atoms with van der Waals surface area (Å²) in [7, 11) is 0. The van der Waals surface area contributed by atoms with E-state index in [-0.39, 0.29) is 5.56 Å². The molecule has 0 unspecified atom stereocenters. The molecule has 1 aromatic carbocycles. The molecule has 0 aliphatic carbocycles. The predicted molar refractivity (Wildman–Crippen MR) is 101 cm³/mol. The number of aromatic nitrogens is 1. The molecule has 0 amide bonds. The molecule has 0 aliphatic rings. The molecule has 1 N–H and O–H groups in total. The quantitative estimate of drug-likeness (QED) is 0.608. The predicted octanol–water partition coefficient (Wildman–Crippen LogP) is 2.60. The molecule has 7 heteroatoms. The van der Waals surface area contributed by atoms with E-state index in [1.54, 1.807) is 10.6 Å². The average Bonchev–Trinajstić information content (AvgIpc) is 2.67. The van der Waals surface area contributed by atoms with Crippen LogP contribution in [0.2, 0.25) is 0 Å². The lowest BCUT2D eigenvalue weighted by Gasteiger charge is -2.11. The molecule has 2 aromatic rings. The third kappa shape index (κ3) is 5.64. The van der Waals surface area contributed by atoms with E-state index >= 15 is 0 Å². The van der Waals surface area contributed by atoms with Crippen LogP contribution in [-0.4, -0.2) is 42.1 Å². The Hall–Kier alpha value is -2.69. The van der Waals surface area contributed by atoms with Crippen LogP contribution in [0.4, 0.5) is 0 Å². The van der Waals surface area contributed by atoms with Gasteiger partial charge in [0.05, 0.1) is 37.8 Å². The fourth-order valence-electron chi connectivity index (χ4n) is 2.83. The van der Waals surface area contributed by atoms with Crippen LogP contribution >= 0.6 is 0 Å². The maximum atomic E-state index is 12.5. The first-order chi connectivity index (χ1) is 13.1. The molecule has 0 saturated carbocycles. The van der Waals surface area contributed by atoms with Crippen LogP contribution in [0.5, 0.6) is 0 Å². The number of benzene rings is 1. The zero-order valence-electron chi connectivity index (χ0n) is 15.4. The molecular formula is C20H24N2O5. The van der Waals surface area contributed by atoms with Gasteiger partial charge in [0.1, 0.15) is 5.56 Å². The van der Waals surface area contributed by atoms with Crippen LogP contribution in [0.15, 0.2) is 29.2 Å². The maximum absolute atomic E-state index is 12.5. The Morgan fingerprint density at radius 3 is 2.63 bits per heavy atom. The maximum Gasteiger partial charge on any atom is 0.341 e. The van der Waals surface area contributed by atoms with Crippen LogP contribution in [0.3, 0.4) is 0 Å². The number of hydrogen-bond acceptors (Lipinski definition) is 5. The summed E-state index contributed by atoms with van der Waals surface area (Å²) in [6.45, 7) is 4.42. The Kier molecular flexibility index (Phi) is 7.99. The number of carboxylic acids is 1. The fourth-order valence-corrected chi connectivity index (χ4v) is 2.83. The Bertz CT molecular complexity index is 882. The van der Waals surface area contributed by atoms with Crippen LogP contribution in [0.25, 0.3) is 10.9 Å². The van der Waals surface area contributed by atoms with Gasteiger partial charge in [-0.1, -0.05) is 6.07 Å². The monoisotopic (exact) mass is 372 g/mol. The fraction of sp³-hybridized carbons (Fsp3) is 0.450. The minimum atomic E-state index is -1.21. The highest BCUT2D eigenvalue weighted by Crippen LogP contribution is 2.16. The number of aromatic carboxylic acids is 1. The first-order valence-electron chi connectivity index (χ1n) is 9.00. The standard InChI is InChI=1S/C20H24N2O5/c1-2-22-14-17(20(24)25)19(23)16-13-15(6-7-18(16)22)5-3-9-26-11-12-27-10-4-8-21/h6-7,13-14H,2-5,9-12H2,1H3,(H,24,25). The average molecular weight is 372 g/mol. The van der Waals surface area contributed by atoms with E-state index in [0.717, 1.165) is 23.9 Å². The normalized spacial score (nSPS) is 10.8. The van der Waals surface area contributed by atoms with Crippen LogP contribution < -0.4 is 5.43 Å². The minimum Gasteiger partial charge on any atom is -0.477 e. The van der Waals surface area contributed by atoms with Crippen molar-refractivity contribution in [3.05, 3.63) is 45.7 Å². The van der Waals surface area contributed by atoms with Crippen molar-refractivity contribution in [1.29, 1.82) is 5.26 Å². The van der Waals surface area contributed by atoms with Gasteiger partial charge in [-0.25, -0.2) is 4.79 Å². The molecule has 0 bridgehead atoms. The van der Waals surface area contributed by atoms with Gasteiger partial charge in [0.25, 0.3) is 0 Å². The van der Waals surface area contributed by atoms with E-state index in [0.29, 0.717) is 44.8 Å². The number of carboxylic acid groups (broad SMARTS) is 1. The topological polar surface area (TPSA) is 102 Å². The van der Waals surface area contributed by atoms with Crippen molar-refractivity contribution in [1.82, 2.24) is 4.57 Å². The number of ether oxygens (including phenoxy) is 2. The number of pyridine rings is 1. The van der Waals surface area contributed by atoms with Crippen molar-refractivity contribution in [3.63, 3.8) is 0 Å². The third-order valence-electron chi connectivity index (χ3n) is 4.20. The number of hydrogen-bond donors (Lipinski definition) is 1. The molecular weight excluding hydrogens is 348 g/mol. The molecule has 0 spiro atoms. The molecule has 0 atom stereocenters. The van der Waals surface area contributed by atoms with Gasteiger partial charge < -0.3 is 19.1 Å². The number of fused-ring (bicyclic) bond motifs is 1. The van der Waals surface area contributed by atoms with E-state index in [2.05, 4.69) is 0 Å². The van der Waals surface area contributed by atoms with Crippen molar-refractivity contribution >= 4 is 16.9 Å². The lowest BCUT2D eigenvalue weighted by molar-refractivity contribution is 0.0490. The van der Waals surface area contributed by atoms with Gasteiger partial charge in [-0.15, -0.1) is 0 Å². The minimum absolute atomic E-state index is 0.207. The summed E-state index contributed by atoms with van der Waals surface area (Å²) in [6, 6.07) is 7.61. The van der Waals surface area contributed by atoms with Gasteiger partial charge in [-0.2, -0.15) is 5.26 Å². The summed E-state index contributed by atoms with van der Waals surface area (Å²) in [5.74, 6) is -1.21. The molecule has 0 aliphatic heterocycles. The molecule has 7 nitrogen and oxygen atoms in total. The summed E-state index contributed by atoms with van der Waals surface area (Å²) in [6.07, 6.45) is 3.29. The Morgan fingerprint density at radius 1 is 1.22 bits per heavy atom. The van der Waals surface area contributed by atoms with E-state index in [1.807, 2.05) is 25.1 Å². The first kappa shape index (κ1) is 20.6. The Morgan fingerprint density at radius 2 is 1.96 bits per heavy atom. The van der Waals surface area contributed by atoms with Crippen molar-refractivity contribution < 1.29 is 19.4 Å². The first-order valence-corrected chi connectivity index (χ1v) is 9.00. The van der Waals surface area contributed by atoms with Gasteiger partial charge in [-0.3, -0.25) is 4.79 Å². The van der Waals surface area contributed by atoms with Crippen LogP contribution in [0, 0.1) is 11.3 Å². The molecule has 0 saturated heterocycles. The largest absolute Gasteiger partial charge is 0.477 e. The second-order valence-electron chi connectivity index (χ2n) is 6.05. The molecule has 2 rings (SSSR count). The summed E-state index contributed by atoms with van der Waals surface area (Å²) in [5.41, 5.74) is 1.05. The van der Waals surface area contributed by atoms with Gasteiger partial charge in [-0.05, 0) is 37.5 Å². The van der Waals surface area contributed by atoms with E-state index in [9.17, 15) is 14.7 Å². The highest BCUT2D eigenvalue weighted by Gasteiger charge is 2.14. The smallest absolute Gasteiger partial charge is 0.341 e. The summed E-state index contributed by atoms with van der Waals surface area (Å²) in [4.78, 5) is 23.8. The number of nitriles is 1. The number of rotatable bonds is 11. The molecule has 0 fully saturated rings. The molecule has 144 valence electrons. The van der Waals surface area contributed by atoms with Gasteiger partial charge in [0.15, 0.2) is 0 Å². The number of aryl methyl sites for hydroxylation is 2. The van der Waals surface area contributed by atoms with Crippen molar-refractivity contribution in [2.45, 2.75) is 32.7 Å². The highest BCUT2D eigenvalue weighted by atomic mass is 16.5. The summed E-state index contributed by atoms with van der Waals surface area (Å²) < 4.78 is 12.5. The summed E-state index contributed by atoms with van der Waals surface area (Å²) in [5, 5.41) is 18.1. The Labute approximate surface area is 157 Å². The van der Waals surface area contributed by atoms with Gasteiger partial charge in [0.2, 0.25) is 5.43 Å². The van der Waals surface area contributed by atoms with Crippen LogP contribution in [0.1, 0.15) is 35.7 Å². The highest BCUT2D eigenvalue weighted by molar-refractivity contribution is 5.92. The van der Waals surface area contributed by atoms with Crippen molar-refractivity contribution in [2.24, 2.45) is 0 Å². The SMILES string of the molecule is CCn1cc(C(=O)O)c(=O)c2cc(CCCOCCOCCC#N)ccc21. The zero-order valence-corrected chi connectivity index (χ0v) is 15.4. The second-order valence-corrected chi connectivity index (χ2v) is 6.05. The lowest BCUT2D eigenvalue weighted by Crippen LogP contribution is -2.18. The van der Waals surface area contributed by atoms with Crippen LogP contribution in [-0.2, 0) is 22.4 Å². The third-order valence-corrected chi connectivity index (χ3v) is 4.20. The van der Waals surface area contributed by atoms with Crippen molar-refractivity contribution in [2.75, 3.05) is 26.4 Å². The zero-order chi connectivity index (χ0) is 19.6. The van der Waals surface area contributed by atoms with E-state index < -0.39 is 11.4 Å². The molecule has 1 aromatic heterocycles. The molecule has 27 heavy (non-hydrogen) atoms. The van der Waals surface area contributed by atoms with E-state index in [1.165, 1.54) is 6.20 Å². The number of carbonyl (C=O) groups is 1. The van der Waals surface area contributed by atoms with Crippen molar-refractivity contribution in [3.8, 4) is 6.07 Å². The Balaban J connectivity index is 1.96. The molecule has 0 radical (unpaired) electrons. The second kappa shape index (κ2) is 10.5. The number of nitrogens with zero attached hydrogens (tertiary/aromatic N) is 2. The van der Waals surface area contributed by atoms with Gasteiger partial charge >= 0.3 is 5.97 Å². The summed E-state index contributed by atoms with van der Waals surface area (Å²) >= 11 is 0. The van der Waals surface area contributed by atoms with E-state index in [4.69, 9.17) is 14.7 Å². The lowest BCUT2D eigenvalue weighted by atomic mass is 10.0.